The molecule has 204 valence electrons. The number of hydrogen-bond donors (Lipinski definition) is 0. The Hall–Kier alpha value is -4.84. The van der Waals surface area contributed by atoms with Gasteiger partial charge < -0.3 is 13.9 Å². The summed E-state index contributed by atoms with van der Waals surface area (Å²) in [6.45, 7) is 3.53. The fourth-order valence-corrected chi connectivity index (χ4v) is 5.53. The Morgan fingerprint density at radius 3 is 2.75 bits per heavy atom. The van der Waals surface area contributed by atoms with Crippen LogP contribution in [0.3, 0.4) is 0 Å². The number of benzene rings is 2. The average molecular weight is 564 g/mol. The van der Waals surface area contributed by atoms with E-state index in [-0.39, 0.29) is 22.5 Å². The third kappa shape index (κ3) is 4.73. The first-order valence-electron chi connectivity index (χ1n) is 12.1. The number of esters is 1. The predicted molar refractivity (Wildman–Crippen MR) is 144 cm³/mol. The maximum absolute atomic E-state index is 13.8. The molecule has 5 rings (SSSR count). The van der Waals surface area contributed by atoms with Crippen LogP contribution in [0.5, 0.6) is 5.75 Å². The number of hydrogen-bond acceptors (Lipinski definition) is 9. The van der Waals surface area contributed by atoms with E-state index in [1.807, 2.05) is 0 Å². The number of nitrogens with zero attached hydrogens (tertiary/aromatic N) is 3. The number of ether oxygens (including phenoxy) is 2. The second kappa shape index (κ2) is 10.7. The van der Waals surface area contributed by atoms with Crippen LogP contribution in [0, 0.1) is 15.9 Å². The normalized spacial score (nSPS) is 15.0. The van der Waals surface area contributed by atoms with Crippen molar-refractivity contribution < 1.29 is 28.0 Å². The zero-order chi connectivity index (χ0) is 28.6. The van der Waals surface area contributed by atoms with Gasteiger partial charge in [0.15, 0.2) is 4.80 Å². The second-order valence-electron chi connectivity index (χ2n) is 8.67. The summed E-state index contributed by atoms with van der Waals surface area (Å²) < 4.78 is 32.2. The number of para-hydroxylation sites is 1. The molecule has 4 aromatic rings. The van der Waals surface area contributed by atoms with Crippen LogP contribution in [0.25, 0.3) is 17.4 Å². The molecule has 1 aliphatic heterocycles. The first-order valence-corrected chi connectivity index (χ1v) is 12.9. The maximum atomic E-state index is 13.8. The van der Waals surface area contributed by atoms with Crippen molar-refractivity contribution in [2.75, 3.05) is 13.7 Å². The molecular weight excluding hydrogens is 541 g/mol. The molecule has 0 radical (unpaired) electrons. The highest BCUT2D eigenvalue weighted by Gasteiger charge is 2.35. The third-order valence-electron chi connectivity index (χ3n) is 6.28. The molecule has 0 saturated heterocycles. The quantitative estimate of drug-likeness (QED) is 0.188. The summed E-state index contributed by atoms with van der Waals surface area (Å²) in [5.74, 6) is -0.499. The number of nitro benzene ring substituents is 1. The number of nitro groups is 1. The molecule has 1 atom stereocenters. The molecule has 0 bridgehead atoms. The van der Waals surface area contributed by atoms with Crippen molar-refractivity contribution in [2.24, 2.45) is 4.99 Å². The number of halogens is 1. The van der Waals surface area contributed by atoms with Crippen LogP contribution in [0.2, 0.25) is 0 Å². The summed E-state index contributed by atoms with van der Waals surface area (Å²) in [5.41, 5.74) is 0.453. The summed E-state index contributed by atoms with van der Waals surface area (Å²) in [5, 5.41) is 11.1. The summed E-state index contributed by atoms with van der Waals surface area (Å²) in [7, 11) is 1.51. The lowest BCUT2D eigenvalue weighted by atomic mass is 9.95. The van der Waals surface area contributed by atoms with E-state index in [1.54, 1.807) is 50.2 Å². The lowest BCUT2D eigenvalue weighted by Crippen LogP contribution is -2.40. The molecule has 40 heavy (non-hydrogen) atoms. The van der Waals surface area contributed by atoms with Crippen LogP contribution in [0.1, 0.15) is 31.2 Å². The lowest BCUT2D eigenvalue weighted by Gasteiger charge is -2.25. The van der Waals surface area contributed by atoms with Crippen LogP contribution in [0.15, 0.2) is 80.1 Å². The van der Waals surface area contributed by atoms with E-state index < -0.39 is 34.0 Å². The van der Waals surface area contributed by atoms with E-state index in [9.17, 15) is 24.1 Å². The Morgan fingerprint density at radius 2 is 2.02 bits per heavy atom. The Balaban J connectivity index is 1.64. The fourth-order valence-electron chi connectivity index (χ4n) is 4.50. The van der Waals surface area contributed by atoms with E-state index in [0.29, 0.717) is 33.1 Å². The van der Waals surface area contributed by atoms with E-state index in [4.69, 9.17) is 13.9 Å². The van der Waals surface area contributed by atoms with E-state index in [0.717, 1.165) is 23.5 Å². The van der Waals surface area contributed by atoms with Crippen molar-refractivity contribution >= 4 is 29.1 Å². The molecule has 0 saturated carbocycles. The van der Waals surface area contributed by atoms with E-state index >= 15 is 0 Å². The molecule has 0 unspecified atom stereocenters. The van der Waals surface area contributed by atoms with Gasteiger partial charge in [-0.25, -0.2) is 9.79 Å². The highest BCUT2D eigenvalue weighted by atomic mass is 32.1. The standard InChI is InChI=1S/C28H22FN3O7S/c1-4-38-27(34)24-15(2)30-28-31(25(24)18-7-5-6-8-22(18)37-3)26(33)23(40-28)14-17-10-12-21(39-17)16-9-11-19(29)20(13-16)32(35)36/h5-14,25H,4H2,1-3H3/b23-14-/t25-/m0/s1. The smallest absolute Gasteiger partial charge is 0.338 e. The van der Waals surface area contributed by atoms with Gasteiger partial charge in [0.25, 0.3) is 5.56 Å². The maximum Gasteiger partial charge on any atom is 0.338 e. The van der Waals surface area contributed by atoms with Crippen LogP contribution in [0.4, 0.5) is 10.1 Å². The zero-order valence-corrected chi connectivity index (χ0v) is 22.4. The van der Waals surface area contributed by atoms with Gasteiger partial charge >= 0.3 is 11.7 Å². The monoisotopic (exact) mass is 563 g/mol. The molecular formula is C28H22FN3O7S. The molecule has 2 aromatic carbocycles. The Morgan fingerprint density at radius 1 is 1.25 bits per heavy atom. The number of furan rings is 1. The minimum absolute atomic E-state index is 0.150. The third-order valence-corrected chi connectivity index (χ3v) is 7.26. The van der Waals surface area contributed by atoms with Crippen LogP contribution < -0.4 is 19.6 Å². The molecule has 10 nitrogen and oxygen atoms in total. The molecule has 0 spiro atoms. The van der Waals surface area contributed by atoms with Crippen molar-refractivity contribution in [1.82, 2.24) is 4.57 Å². The molecule has 3 heterocycles. The Labute approximate surface area is 230 Å². The number of fused-ring (bicyclic) bond motifs is 1. The number of allylic oxidation sites excluding steroid dienone is 1. The number of rotatable bonds is 7. The van der Waals surface area contributed by atoms with Crippen LogP contribution >= 0.6 is 11.3 Å². The highest BCUT2D eigenvalue weighted by Crippen LogP contribution is 2.35. The van der Waals surface area contributed by atoms with Gasteiger partial charge in [-0.1, -0.05) is 29.5 Å². The second-order valence-corrected chi connectivity index (χ2v) is 9.68. The fraction of sp³-hybridized carbons (Fsp3) is 0.179. The van der Waals surface area contributed by atoms with Gasteiger partial charge in [0.2, 0.25) is 5.82 Å². The summed E-state index contributed by atoms with van der Waals surface area (Å²) in [4.78, 5) is 42.1. The van der Waals surface area contributed by atoms with Crippen LogP contribution in [-0.4, -0.2) is 29.2 Å². The minimum atomic E-state index is -0.955. The summed E-state index contributed by atoms with van der Waals surface area (Å²) in [6.07, 6.45) is 1.52. The van der Waals surface area contributed by atoms with Gasteiger partial charge in [-0.15, -0.1) is 0 Å². The highest BCUT2D eigenvalue weighted by molar-refractivity contribution is 7.07. The van der Waals surface area contributed by atoms with Gasteiger partial charge in [0.1, 0.15) is 23.3 Å². The molecule has 0 N–H and O–H groups in total. The van der Waals surface area contributed by atoms with Gasteiger partial charge in [-0.05, 0) is 44.2 Å². The van der Waals surface area contributed by atoms with Gasteiger partial charge in [0, 0.05) is 23.3 Å². The van der Waals surface area contributed by atoms with Gasteiger partial charge in [-0.2, -0.15) is 4.39 Å². The summed E-state index contributed by atoms with van der Waals surface area (Å²) >= 11 is 1.12. The van der Waals surface area contributed by atoms with Crippen molar-refractivity contribution in [3.8, 4) is 17.1 Å². The topological polar surface area (TPSA) is 126 Å². The molecule has 0 fully saturated rings. The van der Waals surface area contributed by atoms with E-state index in [1.165, 1.54) is 23.8 Å². The van der Waals surface area contributed by atoms with Gasteiger partial charge in [-0.3, -0.25) is 19.5 Å². The first-order chi connectivity index (χ1) is 19.2. The van der Waals surface area contributed by atoms with Crippen molar-refractivity contribution in [2.45, 2.75) is 19.9 Å². The number of carbonyl (C=O) groups excluding carboxylic acids is 1. The zero-order valence-electron chi connectivity index (χ0n) is 21.5. The molecule has 1 aliphatic rings. The minimum Gasteiger partial charge on any atom is -0.496 e. The summed E-state index contributed by atoms with van der Waals surface area (Å²) in [6, 6.07) is 12.9. The molecule has 2 aromatic heterocycles. The number of thiazole rings is 1. The first kappa shape index (κ1) is 26.8. The van der Waals surface area contributed by atoms with Crippen molar-refractivity contribution in [1.29, 1.82) is 0 Å². The van der Waals surface area contributed by atoms with Gasteiger partial charge in [0.05, 0.1) is 34.4 Å². The molecule has 12 heteroatoms. The SMILES string of the molecule is CCOC(=O)C1=C(C)N=c2s/c(=C\c3ccc(-c4ccc(F)c([N+](=O)[O-])c4)o3)c(=O)n2[C@H]1c1ccccc1OC. The molecule has 0 aliphatic carbocycles. The predicted octanol–water partition coefficient (Wildman–Crippen LogP) is 4.11. The van der Waals surface area contributed by atoms with Crippen molar-refractivity contribution in [3.63, 3.8) is 0 Å². The lowest BCUT2D eigenvalue weighted by molar-refractivity contribution is -0.387. The number of aromatic nitrogens is 1. The van der Waals surface area contributed by atoms with Crippen LogP contribution in [-0.2, 0) is 9.53 Å². The van der Waals surface area contributed by atoms with Crippen molar-refractivity contribution in [3.05, 3.63) is 113 Å². The van der Waals surface area contributed by atoms with E-state index in [2.05, 4.69) is 4.99 Å². The number of methoxy groups -OCH3 is 1. The Bertz CT molecular complexity index is 1870. The average Bonchev–Trinajstić information content (AvgIpc) is 3.52. The number of carbonyl (C=O) groups is 1. The molecule has 0 amide bonds. The Kier molecular flexibility index (Phi) is 7.18. The largest absolute Gasteiger partial charge is 0.496 e.